The number of nitrogens with zero attached hydrogens (tertiary/aromatic N) is 5. The number of fused-ring (bicyclic) bond motifs is 1. The molecule has 0 fully saturated rings. The number of carbonyl (C=O) groups excluding carboxylic acids is 1. The van der Waals surface area contributed by atoms with Gasteiger partial charge >= 0.3 is 6.61 Å². The van der Waals surface area contributed by atoms with Gasteiger partial charge in [0.1, 0.15) is 17.0 Å². The summed E-state index contributed by atoms with van der Waals surface area (Å²) in [5.41, 5.74) is 6.79. The van der Waals surface area contributed by atoms with Crippen molar-refractivity contribution in [3.63, 3.8) is 0 Å². The molecule has 5 aromatic rings. The van der Waals surface area contributed by atoms with Crippen molar-refractivity contribution in [3.05, 3.63) is 96.3 Å². The zero-order valence-corrected chi connectivity index (χ0v) is 20.8. The van der Waals surface area contributed by atoms with E-state index in [1.54, 1.807) is 29.1 Å². The minimum absolute atomic E-state index is 0.0496. The van der Waals surface area contributed by atoms with Crippen molar-refractivity contribution in [1.29, 1.82) is 0 Å². The summed E-state index contributed by atoms with van der Waals surface area (Å²) in [5.74, 6) is -0.297. The van der Waals surface area contributed by atoms with Gasteiger partial charge in [0.2, 0.25) is 6.20 Å². The van der Waals surface area contributed by atoms with E-state index in [1.165, 1.54) is 18.3 Å². The topological polar surface area (TPSA) is 77.3 Å². The molecular weight excluding hydrogens is 490 g/mol. The molecule has 0 aliphatic carbocycles. The number of ether oxygens (including phenoxy) is 1. The number of rotatable bonds is 8. The number of halogens is 2. The van der Waals surface area contributed by atoms with Gasteiger partial charge in [0, 0.05) is 22.9 Å². The molecule has 0 atom stereocenters. The van der Waals surface area contributed by atoms with Gasteiger partial charge in [-0.05, 0) is 61.5 Å². The third kappa shape index (κ3) is 5.15. The Balaban J connectivity index is 1.41. The Morgan fingerprint density at radius 3 is 2.61 bits per heavy atom. The molecule has 38 heavy (non-hydrogen) atoms. The minimum atomic E-state index is -2.90. The van der Waals surface area contributed by atoms with Gasteiger partial charge in [-0.15, -0.1) is 4.68 Å². The van der Waals surface area contributed by atoms with Gasteiger partial charge in [0.05, 0.1) is 23.8 Å². The van der Waals surface area contributed by atoms with Gasteiger partial charge in [-0.2, -0.15) is 23.7 Å². The van der Waals surface area contributed by atoms with Gasteiger partial charge in [0.25, 0.3) is 5.91 Å². The standard InChI is InChI=1S/C28H24F2N6O2/c1-3-36-25-14-11-20(15-21(25)17-34(36)2)27(37)32-31-16-22-18-35(23-7-5-4-6-8-23)33-26(22)19-9-12-24(13-10-19)38-28(29)30/h4-18,28H,3H2,1-2H3/p+1. The number of aryl methyl sites for hydroxylation is 2. The molecular formula is C28H25F2N6O2+. The molecule has 3 aromatic carbocycles. The number of aromatic nitrogens is 4. The molecule has 10 heteroatoms. The first-order valence-electron chi connectivity index (χ1n) is 12.0. The SMILES string of the molecule is CCn1c2ccc(C(=O)NN=Cc3cn(-c4ccccc4)nc3-c3ccc(OC(F)F)cc3)cc2c[n+]1C. The van der Waals surface area contributed by atoms with E-state index < -0.39 is 6.61 Å². The highest BCUT2D eigenvalue weighted by Crippen LogP contribution is 2.26. The first-order valence-corrected chi connectivity index (χ1v) is 12.0. The molecule has 0 bridgehead atoms. The van der Waals surface area contributed by atoms with E-state index in [-0.39, 0.29) is 11.7 Å². The zero-order chi connectivity index (χ0) is 26.6. The summed E-state index contributed by atoms with van der Waals surface area (Å²) >= 11 is 0. The fourth-order valence-corrected chi connectivity index (χ4v) is 4.31. The average molecular weight is 516 g/mol. The van der Waals surface area contributed by atoms with E-state index >= 15 is 0 Å². The monoisotopic (exact) mass is 515 g/mol. The van der Waals surface area contributed by atoms with Crippen LogP contribution in [0.5, 0.6) is 5.75 Å². The maximum absolute atomic E-state index is 12.8. The van der Waals surface area contributed by atoms with Crippen LogP contribution in [0.25, 0.3) is 27.8 Å². The fourth-order valence-electron chi connectivity index (χ4n) is 4.31. The van der Waals surface area contributed by atoms with Gasteiger partial charge in [-0.25, -0.2) is 10.1 Å². The van der Waals surface area contributed by atoms with Crippen molar-refractivity contribution in [2.75, 3.05) is 0 Å². The molecule has 8 nitrogen and oxygen atoms in total. The maximum Gasteiger partial charge on any atom is 0.387 e. The van der Waals surface area contributed by atoms with Crippen molar-refractivity contribution in [2.24, 2.45) is 12.1 Å². The number of hydrogen-bond acceptors (Lipinski definition) is 4. The highest BCUT2D eigenvalue weighted by atomic mass is 19.3. The molecule has 192 valence electrons. The van der Waals surface area contributed by atoms with E-state index in [1.807, 2.05) is 60.4 Å². The molecule has 0 saturated carbocycles. The number of benzene rings is 3. The largest absolute Gasteiger partial charge is 0.435 e. The molecule has 0 aliphatic rings. The van der Waals surface area contributed by atoms with Crippen LogP contribution in [0.1, 0.15) is 22.8 Å². The number of amides is 1. The van der Waals surface area contributed by atoms with Crippen LogP contribution in [-0.4, -0.2) is 33.2 Å². The Labute approximate surface area is 217 Å². The highest BCUT2D eigenvalue weighted by Gasteiger charge is 2.15. The summed E-state index contributed by atoms with van der Waals surface area (Å²) < 4.78 is 35.3. The van der Waals surface area contributed by atoms with Crippen molar-refractivity contribution in [2.45, 2.75) is 20.1 Å². The van der Waals surface area contributed by atoms with Crippen LogP contribution >= 0.6 is 0 Å². The molecule has 1 N–H and O–H groups in total. The third-order valence-electron chi connectivity index (χ3n) is 6.06. The normalized spacial score (nSPS) is 11.5. The molecule has 2 heterocycles. The van der Waals surface area contributed by atoms with E-state index in [4.69, 9.17) is 0 Å². The van der Waals surface area contributed by atoms with Crippen LogP contribution in [-0.2, 0) is 13.6 Å². The van der Waals surface area contributed by atoms with Gasteiger partial charge in [-0.1, -0.05) is 18.2 Å². The molecule has 5 rings (SSSR count). The Kier molecular flexibility index (Phi) is 6.94. The zero-order valence-electron chi connectivity index (χ0n) is 20.8. The molecule has 0 saturated heterocycles. The lowest BCUT2D eigenvalue weighted by Gasteiger charge is -2.05. The van der Waals surface area contributed by atoms with E-state index in [0.29, 0.717) is 22.4 Å². The number of hydrogen-bond donors (Lipinski definition) is 1. The van der Waals surface area contributed by atoms with Crippen LogP contribution in [0, 0.1) is 0 Å². The lowest BCUT2D eigenvalue weighted by molar-refractivity contribution is -0.750. The quantitative estimate of drug-likeness (QED) is 0.185. The van der Waals surface area contributed by atoms with E-state index in [2.05, 4.69) is 32.0 Å². The lowest BCUT2D eigenvalue weighted by atomic mass is 10.1. The summed E-state index contributed by atoms with van der Waals surface area (Å²) in [6, 6.07) is 21.2. The van der Waals surface area contributed by atoms with Crippen molar-refractivity contribution >= 4 is 23.0 Å². The first kappa shape index (κ1) is 24.8. The number of hydrazone groups is 1. The smallest absolute Gasteiger partial charge is 0.387 e. The second kappa shape index (κ2) is 10.6. The average Bonchev–Trinajstić information content (AvgIpc) is 3.48. The molecule has 0 aliphatic heterocycles. The van der Waals surface area contributed by atoms with Crippen LogP contribution in [0.4, 0.5) is 8.78 Å². The Bertz CT molecular complexity index is 1610. The maximum atomic E-state index is 12.8. The first-order chi connectivity index (χ1) is 18.4. The summed E-state index contributed by atoms with van der Waals surface area (Å²) in [6.07, 6.45) is 5.26. The van der Waals surface area contributed by atoms with Gasteiger partial charge in [0.15, 0.2) is 7.05 Å². The van der Waals surface area contributed by atoms with Gasteiger partial charge in [-0.3, -0.25) is 4.79 Å². The number of carbonyl (C=O) groups is 1. The molecule has 0 unspecified atom stereocenters. The van der Waals surface area contributed by atoms with Crippen molar-refractivity contribution in [1.82, 2.24) is 19.9 Å². The van der Waals surface area contributed by atoms with Crippen LogP contribution in [0.15, 0.2) is 90.3 Å². The van der Waals surface area contributed by atoms with Crippen molar-refractivity contribution in [3.8, 4) is 22.7 Å². The van der Waals surface area contributed by atoms with Crippen LogP contribution < -0.4 is 14.8 Å². The van der Waals surface area contributed by atoms with E-state index in [0.717, 1.165) is 23.1 Å². The molecule has 2 aromatic heterocycles. The highest BCUT2D eigenvalue weighted by molar-refractivity contribution is 5.98. The molecule has 1 amide bonds. The third-order valence-corrected chi connectivity index (χ3v) is 6.06. The van der Waals surface area contributed by atoms with Gasteiger partial charge < -0.3 is 4.74 Å². The van der Waals surface area contributed by atoms with E-state index in [9.17, 15) is 13.6 Å². The van der Waals surface area contributed by atoms with Crippen LogP contribution in [0.2, 0.25) is 0 Å². The second-order valence-electron chi connectivity index (χ2n) is 8.51. The fraction of sp³-hybridized carbons (Fsp3) is 0.143. The Morgan fingerprint density at radius 1 is 1.13 bits per heavy atom. The lowest BCUT2D eigenvalue weighted by Crippen LogP contribution is -2.37. The van der Waals surface area contributed by atoms with Crippen LogP contribution in [0.3, 0.4) is 0 Å². The summed E-state index contributed by atoms with van der Waals surface area (Å²) in [5, 5.41) is 9.80. The minimum Gasteiger partial charge on any atom is -0.435 e. The number of alkyl halides is 2. The predicted molar refractivity (Wildman–Crippen MR) is 139 cm³/mol. The summed E-state index contributed by atoms with van der Waals surface area (Å²) in [6.45, 7) is -0.0230. The number of para-hydroxylation sites is 1. The Hall–Kier alpha value is -4.86. The van der Waals surface area contributed by atoms with Crippen molar-refractivity contribution < 1.29 is 23.0 Å². The molecule has 0 radical (unpaired) electrons. The molecule has 0 spiro atoms. The number of nitrogens with one attached hydrogen (secondary N) is 1. The summed E-state index contributed by atoms with van der Waals surface area (Å²) in [4.78, 5) is 12.8. The second-order valence-corrected chi connectivity index (χ2v) is 8.51. The Morgan fingerprint density at radius 2 is 1.89 bits per heavy atom. The summed E-state index contributed by atoms with van der Waals surface area (Å²) in [7, 11) is 1.96. The predicted octanol–water partition coefficient (Wildman–Crippen LogP) is 4.70.